The fourth-order valence-corrected chi connectivity index (χ4v) is 9.30. The summed E-state index contributed by atoms with van der Waals surface area (Å²) in [7, 11) is 0. The van der Waals surface area contributed by atoms with E-state index in [9.17, 15) is 0 Å². The van der Waals surface area contributed by atoms with Crippen LogP contribution in [0.25, 0.3) is 54.9 Å². The SMILES string of the molecule is c1ccc(C2(c3cccc(-c4ccc5c(c4)Sc4cccc6cccc-5c46)c3)c3ccccc3-c3cc4ccccc4cc32)cc1. The topological polar surface area (TPSA) is 0 Å². The van der Waals surface area contributed by atoms with Gasteiger partial charge in [0.1, 0.15) is 0 Å². The molecule has 0 spiro atoms. The first kappa shape index (κ1) is 25.9. The first-order valence-electron chi connectivity index (χ1n) is 15.9. The summed E-state index contributed by atoms with van der Waals surface area (Å²) in [4.78, 5) is 2.65. The molecule has 2 aliphatic rings. The zero-order valence-electron chi connectivity index (χ0n) is 25.1. The molecule has 0 nitrogen and oxygen atoms in total. The van der Waals surface area contributed by atoms with Crippen molar-refractivity contribution in [2.75, 3.05) is 0 Å². The molecule has 1 atom stereocenters. The fraction of sp³-hybridized carbons (Fsp3) is 0.0222. The van der Waals surface area contributed by atoms with Crippen LogP contribution in [-0.2, 0) is 5.41 Å². The largest absolute Gasteiger partial charge is 0.0888 e. The van der Waals surface area contributed by atoms with Gasteiger partial charge in [0.2, 0.25) is 0 Å². The third-order valence-corrected chi connectivity index (χ3v) is 11.2. The van der Waals surface area contributed by atoms with Crippen LogP contribution in [0.1, 0.15) is 22.3 Å². The molecule has 46 heavy (non-hydrogen) atoms. The molecule has 1 unspecified atom stereocenters. The van der Waals surface area contributed by atoms with Crippen LogP contribution in [0.5, 0.6) is 0 Å². The Morgan fingerprint density at radius 2 is 1.02 bits per heavy atom. The number of hydrogen-bond donors (Lipinski definition) is 0. The van der Waals surface area contributed by atoms with Gasteiger partial charge in [-0.2, -0.15) is 0 Å². The highest BCUT2D eigenvalue weighted by Gasteiger charge is 2.46. The van der Waals surface area contributed by atoms with E-state index in [-0.39, 0.29) is 0 Å². The Morgan fingerprint density at radius 3 is 1.91 bits per heavy atom. The molecule has 0 saturated heterocycles. The molecule has 0 fully saturated rings. The van der Waals surface area contributed by atoms with Gasteiger partial charge in [0.05, 0.1) is 5.41 Å². The minimum Gasteiger partial charge on any atom is -0.0888 e. The van der Waals surface area contributed by atoms with Crippen LogP contribution in [0.3, 0.4) is 0 Å². The Bertz CT molecular complexity index is 2500. The molecule has 8 aromatic rings. The van der Waals surface area contributed by atoms with E-state index in [1.54, 1.807) is 0 Å². The van der Waals surface area contributed by atoms with E-state index in [4.69, 9.17) is 0 Å². The van der Waals surface area contributed by atoms with E-state index < -0.39 is 5.41 Å². The minimum atomic E-state index is -0.440. The van der Waals surface area contributed by atoms with Gasteiger partial charge >= 0.3 is 0 Å². The molecule has 1 heterocycles. The van der Waals surface area contributed by atoms with Crippen molar-refractivity contribution in [2.24, 2.45) is 0 Å². The second-order valence-electron chi connectivity index (χ2n) is 12.5. The van der Waals surface area contributed by atoms with Crippen LogP contribution in [0, 0.1) is 0 Å². The van der Waals surface area contributed by atoms with Crippen LogP contribution in [0.2, 0.25) is 0 Å². The summed E-state index contributed by atoms with van der Waals surface area (Å²) in [5.41, 5.74) is 12.6. The Hall–Kier alpha value is -5.37. The van der Waals surface area contributed by atoms with Gasteiger partial charge in [-0.3, -0.25) is 0 Å². The summed E-state index contributed by atoms with van der Waals surface area (Å²) in [6.07, 6.45) is 0. The van der Waals surface area contributed by atoms with Gasteiger partial charge in [0, 0.05) is 15.2 Å². The lowest BCUT2D eigenvalue weighted by Gasteiger charge is -2.34. The predicted octanol–water partition coefficient (Wildman–Crippen LogP) is 12.2. The van der Waals surface area contributed by atoms with E-state index in [2.05, 4.69) is 170 Å². The quantitative estimate of drug-likeness (QED) is 0.194. The van der Waals surface area contributed by atoms with Crippen molar-refractivity contribution in [3.8, 4) is 33.4 Å². The van der Waals surface area contributed by atoms with Crippen molar-refractivity contribution in [2.45, 2.75) is 15.2 Å². The molecule has 0 aromatic heterocycles. The summed E-state index contributed by atoms with van der Waals surface area (Å²) < 4.78 is 0. The Labute approximate surface area is 273 Å². The molecule has 8 aromatic carbocycles. The highest BCUT2D eigenvalue weighted by Crippen LogP contribution is 2.57. The molecule has 1 aliphatic heterocycles. The highest BCUT2D eigenvalue weighted by molar-refractivity contribution is 7.99. The molecule has 10 rings (SSSR count). The lowest BCUT2D eigenvalue weighted by molar-refractivity contribution is 0.770. The van der Waals surface area contributed by atoms with Gasteiger partial charge in [-0.25, -0.2) is 0 Å². The Balaban J connectivity index is 1.20. The summed E-state index contributed by atoms with van der Waals surface area (Å²) in [5, 5.41) is 5.22. The normalized spacial score (nSPS) is 15.8. The summed E-state index contributed by atoms with van der Waals surface area (Å²) in [6, 6.07) is 63.4. The number of hydrogen-bond acceptors (Lipinski definition) is 1. The Kier molecular flexibility index (Phi) is 5.53. The smallest absolute Gasteiger partial charge is 0.0713 e. The van der Waals surface area contributed by atoms with Crippen molar-refractivity contribution in [1.82, 2.24) is 0 Å². The van der Waals surface area contributed by atoms with Crippen molar-refractivity contribution in [3.63, 3.8) is 0 Å². The van der Waals surface area contributed by atoms with E-state index in [1.807, 2.05) is 11.8 Å². The molecule has 0 radical (unpaired) electrons. The van der Waals surface area contributed by atoms with Gasteiger partial charge in [0.25, 0.3) is 0 Å². The van der Waals surface area contributed by atoms with E-state index >= 15 is 0 Å². The van der Waals surface area contributed by atoms with Gasteiger partial charge in [0.15, 0.2) is 0 Å². The summed E-state index contributed by atoms with van der Waals surface area (Å²) in [5.74, 6) is 0. The van der Waals surface area contributed by atoms with Crippen molar-refractivity contribution >= 4 is 33.3 Å². The van der Waals surface area contributed by atoms with Crippen LogP contribution < -0.4 is 0 Å². The summed E-state index contributed by atoms with van der Waals surface area (Å²) in [6.45, 7) is 0. The first-order valence-corrected chi connectivity index (χ1v) is 16.7. The van der Waals surface area contributed by atoms with Crippen LogP contribution in [0.15, 0.2) is 180 Å². The molecular formula is C45H28S. The lowest BCUT2D eigenvalue weighted by atomic mass is 9.67. The minimum absolute atomic E-state index is 0.440. The second-order valence-corrected chi connectivity index (χ2v) is 13.5. The maximum atomic E-state index is 2.44. The number of benzene rings is 8. The van der Waals surface area contributed by atoms with Gasteiger partial charge in [-0.15, -0.1) is 0 Å². The summed E-state index contributed by atoms with van der Waals surface area (Å²) >= 11 is 1.89. The fourth-order valence-electron chi connectivity index (χ4n) is 8.12. The molecule has 0 N–H and O–H groups in total. The average molecular weight is 601 g/mol. The van der Waals surface area contributed by atoms with Gasteiger partial charge in [-0.05, 0) is 102 Å². The van der Waals surface area contributed by atoms with Crippen molar-refractivity contribution < 1.29 is 0 Å². The van der Waals surface area contributed by atoms with Crippen LogP contribution >= 0.6 is 11.8 Å². The molecule has 214 valence electrons. The van der Waals surface area contributed by atoms with Crippen molar-refractivity contribution in [3.05, 3.63) is 192 Å². The maximum absolute atomic E-state index is 2.44. The monoisotopic (exact) mass is 600 g/mol. The lowest BCUT2D eigenvalue weighted by Crippen LogP contribution is -2.28. The molecule has 0 amide bonds. The molecule has 0 bridgehead atoms. The molecular weight excluding hydrogens is 573 g/mol. The first-order chi connectivity index (χ1) is 22.8. The zero-order valence-corrected chi connectivity index (χ0v) is 25.9. The molecule has 1 aliphatic carbocycles. The van der Waals surface area contributed by atoms with E-state index in [0.717, 1.165) is 0 Å². The van der Waals surface area contributed by atoms with Crippen LogP contribution in [0.4, 0.5) is 0 Å². The molecule has 1 heteroatoms. The van der Waals surface area contributed by atoms with Crippen LogP contribution in [-0.4, -0.2) is 0 Å². The average Bonchev–Trinajstić information content (AvgIpc) is 3.41. The Morgan fingerprint density at radius 1 is 0.348 bits per heavy atom. The third-order valence-electron chi connectivity index (χ3n) is 10.1. The predicted molar refractivity (Wildman–Crippen MR) is 194 cm³/mol. The van der Waals surface area contributed by atoms with E-state index in [0.29, 0.717) is 0 Å². The number of fused-ring (bicyclic) bond motifs is 6. The maximum Gasteiger partial charge on any atom is 0.0713 e. The third kappa shape index (κ3) is 3.58. The second kappa shape index (κ2) is 9.81. The van der Waals surface area contributed by atoms with Crippen molar-refractivity contribution in [1.29, 1.82) is 0 Å². The molecule has 0 saturated carbocycles. The zero-order chi connectivity index (χ0) is 30.2. The van der Waals surface area contributed by atoms with Gasteiger partial charge in [-0.1, -0.05) is 151 Å². The highest BCUT2D eigenvalue weighted by atomic mass is 32.2. The van der Waals surface area contributed by atoms with Gasteiger partial charge < -0.3 is 0 Å². The number of rotatable bonds is 3. The van der Waals surface area contributed by atoms with E-state index in [1.165, 1.54) is 87.0 Å². The standard InChI is InChI=1S/C45H28S/c1-2-16-34(17-3-1)45(40-21-7-6-19-36(40)39-26-31-11-4-5-12-32(31)27-41(39)45)35-18-8-15-30(25-35)33-23-24-37-38-20-9-13-29-14-10-22-42(44(29)38)46-43(37)28-33/h1-28H.